The molecule has 0 aliphatic carbocycles. The maximum absolute atomic E-state index is 15.6. The van der Waals surface area contributed by atoms with E-state index >= 15 is 4.39 Å². The minimum Gasteiger partial charge on any atom is -0.379 e. The molecule has 0 saturated carbocycles. The third kappa shape index (κ3) is 5.39. The molecule has 7 nitrogen and oxygen atoms in total. The molecule has 2 aliphatic heterocycles. The number of aliphatic hydroxyl groups excluding tert-OH is 1. The normalized spacial score (nSPS) is 20.9. The van der Waals surface area contributed by atoms with Gasteiger partial charge in [-0.1, -0.05) is 31.2 Å². The molecule has 2 aromatic carbocycles. The Kier molecular flexibility index (Phi) is 7.47. The van der Waals surface area contributed by atoms with E-state index in [0.717, 1.165) is 18.4 Å². The number of nitrogens with zero attached hydrogens (tertiary/aromatic N) is 2. The molecule has 0 spiro atoms. The molecule has 3 N–H and O–H groups in total. The number of aliphatic hydroxyl groups is 1. The van der Waals surface area contributed by atoms with E-state index in [0.29, 0.717) is 48.7 Å². The number of nitriles is 1. The number of carbonyl (C=O) groups is 1. The van der Waals surface area contributed by atoms with Crippen LogP contribution in [-0.2, 0) is 16.8 Å². The van der Waals surface area contributed by atoms with Crippen LogP contribution >= 0.6 is 0 Å². The highest BCUT2D eigenvalue weighted by molar-refractivity contribution is 5.90. The van der Waals surface area contributed by atoms with Gasteiger partial charge >= 0.3 is 6.03 Å². The topological polar surface area (TPSA) is 97.6 Å². The van der Waals surface area contributed by atoms with Gasteiger partial charge in [0.15, 0.2) is 0 Å². The van der Waals surface area contributed by atoms with Crippen LogP contribution in [0.25, 0.3) is 0 Å². The van der Waals surface area contributed by atoms with E-state index in [4.69, 9.17) is 10.00 Å². The zero-order valence-corrected chi connectivity index (χ0v) is 19.4. The molecule has 2 amide bonds. The smallest absolute Gasteiger partial charge is 0.319 e. The fourth-order valence-corrected chi connectivity index (χ4v) is 4.64. The fourth-order valence-electron chi connectivity index (χ4n) is 4.64. The number of piperidine rings is 1. The minimum atomic E-state index is -1.48. The number of likely N-dealkylation sites (tertiary alicyclic amines) is 1. The zero-order chi connectivity index (χ0) is 24.1. The predicted octanol–water partition coefficient (Wildman–Crippen LogP) is 3.98. The lowest BCUT2D eigenvalue weighted by molar-refractivity contribution is -0.0472. The highest BCUT2D eigenvalue weighted by atomic mass is 19.1. The van der Waals surface area contributed by atoms with E-state index < -0.39 is 11.9 Å². The lowest BCUT2D eigenvalue weighted by Gasteiger charge is -2.39. The van der Waals surface area contributed by atoms with Crippen LogP contribution < -0.4 is 10.6 Å². The quantitative estimate of drug-likeness (QED) is 0.598. The van der Waals surface area contributed by atoms with Gasteiger partial charge in [-0.25, -0.2) is 9.18 Å². The second-order valence-corrected chi connectivity index (χ2v) is 8.99. The lowest BCUT2D eigenvalue weighted by Crippen LogP contribution is -2.42. The van der Waals surface area contributed by atoms with E-state index in [2.05, 4.69) is 16.7 Å². The number of urea groups is 1. The van der Waals surface area contributed by atoms with Crippen LogP contribution in [0.4, 0.5) is 14.9 Å². The largest absolute Gasteiger partial charge is 0.379 e. The average Bonchev–Trinajstić information content (AvgIpc) is 3.37. The van der Waals surface area contributed by atoms with Gasteiger partial charge < -0.3 is 20.5 Å². The number of hydrogen-bond donors (Lipinski definition) is 3. The van der Waals surface area contributed by atoms with Crippen LogP contribution in [0.1, 0.15) is 54.7 Å². The molecule has 2 fully saturated rings. The molecule has 0 bridgehead atoms. The van der Waals surface area contributed by atoms with Crippen LogP contribution in [0.3, 0.4) is 0 Å². The van der Waals surface area contributed by atoms with Gasteiger partial charge in [0.1, 0.15) is 11.9 Å². The predicted molar refractivity (Wildman–Crippen MR) is 127 cm³/mol. The molecule has 4 rings (SSSR count). The average molecular weight is 467 g/mol. The van der Waals surface area contributed by atoms with E-state index in [-0.39, 0.29) is 24.9 Å². The zero-order valence-electron chi connectivity index (χ0n) is 19.4. The molecule has 2 aromatic rings. The van der Waals surface area contributed by atoms with Crippen molar-refractivity contribution in [2.45, 2.75) is 50.5 Å². The Labute approximate surface area is 199 Å². The van der Waals surface area contributed by atoms with Crippen molar-refractivity contribution in [2.75, 3.05) is 31.6 Å². The number of amides is 2. The van der Waals surface area contributed by atoms with E-state index in [1.165, 1.54) is 0 Å². The number of ether oxygens (including phenoxy) is 1. The second-order valence-electron chi connectivity index (χ2n) is 8.99. The molecule has 180 valence electrons. The first-order valence-corrected chi connectivity index (χ1v) is 11.8. The third-order valence-corrected chi connectivity index (χ3v) is 6.79. The van der Waals surface area contributed by atoms with Crippen molar-refractivity contribution in [2.24, 2.45) is 0 Å². The Balaban J connectivity index is 1.41. The standard InChI is InChI=1S/C26H31FN4O3/c1-2-19-5-6-20(15-23(19)30-25(33)29-22-9-14-34-17-22)24(32)31-12-10-26(27,11-13-31)21-7-3-18(16-28)4-8-21/h3-8,15,22,24,32H,2,9-14,17H2,1H3,(H2,29,30,33). The maximum atomic E-state index is 15.6. The van der Waals surface area contributed by atoms with Crippen molar-refractivity contribution in [3.8, 4) is 6.07 Å². The first-order chi connectivity index (χ1) is 16.4. The molecule has 34 heavy (non-hydrogen) atoms. The summed E-state index contributed by atoms with van der Waals surface area (Å²) in [6.45, 7) is 3.94. The summed E-state index contributed by atoms with van der Waals surface area (Å²) in [5.74, 6) is 0. The number of nitrogens with one attached hydrogen (secondary N) is 2. The molecular weight excluding hydrogens is 435 g/mol. The first-order valence-electron chi connectivity index (χ1n) is 11.8. The van der Waals surface area contributed by atoms with Gasteiger partial charge in [0.25, 0.3) is 0 Å². The number of aryl methyl sites for hydroxylation is 1. The van der Waals surface area contributed by atoms with Crippen molar-refractivity contribution in [1.82, 2.24) is 10.2 Å². The van der Waals surface area contributed by atoms with Crippen molar-refractivity contribution in [3.63, 3.8) is 0 Å². The molecule has 2 saturated heterocycles. The molecule has 2 atom stereocenters. The van der Waals surface area contributed by atoms with Crippen LogP contribution in [0, 0.1) is 11.3 Å². The van der Waals surface area contributed by atoms with Gasteiger partial charge in [-0.2, -0.15) is 5.26 Å². The van der Waals surface area contributed by atoms with Gasteiger partial charge in [-0.05, 0) is 60.6 Å². The number of alkyl halides is 1. The van der Waals surface area contributed by atoms with Gasteiger partial charge in [0.2, 0.25) is 0 Å². The molecule has 8 heteroatoms. The van der Waals surface area contributed by atoms with E-state index in [1.54, 1.807) is 30.3 Å². The van der Waals surface area contributed by atoms with Crippen molar-refractivity contribution in [1.29, 1.82) is 5.26 Å². The Bertz CT molecular complexity index is 1040. The Morgan fingerprint density at radius 1 is 1.29 bits per heavy atom. The van der Waals surface area contributed by atoms with E-state index in [9.17, 15) is 9.90 Å². The fraction of sp³-hybridized carbons (Fsp3) is 0.462. The summed E-state index contributed by atoms with van der Waals surface area (Å²) in [4.78, 5) is 14.3. The van der Waals surface area contributed by atoms with Crippen LogP contribution in [0.15, 0.2) is 42.5 Å². The van der Waals surface area contributed by atoms with Crippen molar-refractivity contribution >= 4 is 11.7 Å². The minimum absolute atomic E-state index is 0.00396. The van der Waals surface area contributed by atoms with Crippen LogP contribution in [-0.4, -0.2) is 48.4 Å². The number of benzene rings is 2. The van der Waals surface area contributed by atoms with E-state index in [1.807, 2.05) is 24.0 Å². The summed E-state index contributed by atoms with van der Waals surface area (Å²) in [5, 5.41) is 25.8. The van der Waals surface area contributed by atoms with Crippen LogP contribution in [0.5, 0.6) is 0 Å². The Morgan fingerprint density at radius 2 is 2.03 bits per heavy atom. The highest BCUT2D eigenvalue weighted by Crippen LogP contribution is 2.39. The third-order valence-electron chi connectivity index (χ3n) is 6.79. The van der Waals surface area contributed by atoms with Gasteiger partial charge in [-0.15, -0.1) is 0 Å². The Morgan fingerprint density at radius 3 is 2.65 bits per heavy atom. The van der Waals surface area contributed by atoms with Gasteiger partial charge in [0.05, 0.1) is 24.3 Å². The first kappa shape index (κ1) is 24.1. The summed E-state index contributed by atoms with van der Waals surface area (Å²) >= 11 is 0. The monoisotopic (exact) mass is 466 g/mol. The lowest BCUT2D eigenvalue weighted by atomic mass is 9.85. The Hall–Kier alpha value is -2.99. The summed E-state index contributed by atoms with van der Waals surface area (Å²) in [6.07, 6.45) is 1.13. The number of carbonyl (C=O) groups excluding carboxylic acids is 1. The number of rotatable bonds is 6. The second kappa shape index (κ2) is 10.5. The molecule has 0 radical (unpaired) electrons. The van der Waals surface area contributed by atoms with Crippen LogP contribution in [0.2, 0.25) is 0 Å². The summed E-state index contributed by atoms with van der Waals surface area (Å²) < 4.78 is 20.9. The highest BCUT2D eigenvalue weighted by Gasteiger charge is 2.38. The van der Waals surface area contributed by atoms with Crippen molar-refractivity contribution < 1.29 is 19.0 Å². The summed E-state index contributed by atoms with van der Waals surface area (Å²) in [6, 6.07) is 14.0. The summed E-state index contributed by atoms with van der Waals surface area (Å²) in [5.41, 5.74) is 1.87. The SMILES string of the molecule is CCc1ccc(C(O)N2CCC(F)(c3ccc(C#N)cc3)CC2)cc1NC(=O)NC1CCOC1. The molecule has 2 aliphatic rings. The number of hydrogen-bond acceptors (Lipinski definition) is 5. The maximum Gasteiger partial charge on any atom is 0.319 e. The number of anilines is 1. The molecular formula is C26H31FN4O3. The molecule has 0 aromatic heterocycles. The van der Waals surface area contributed by atoms with Crippen molar-refractivity contribution in [3.05, 3.63) is 64.7 Å². The molecule has 2 heterocycles. The summed E-state index contributed by atoms with van der Waals surface area (Å²) in [7, 11) is 0. The molecule has 2 unspecified atom stereocenters. The van der Waals surface area contributed by atoms with Gasteiger partial charge in [-0.3, -0.25) is 4.90 Å². The number of halogens is 1. The van der Waals surface area contributed by atoms with Gasteiger partial charge in [0, 0.05) is 25.4 Å².